The van der Waals surface area contributed by atoms with E-state index in [0.717, 1.165) is 4.68 Å². The molecule has 0 saturated carbocycles. The number of hydrogen-bond donors (Lipinski definition) is 1. The van der Waals surface area contributed by atoms with Crippen molar-refractivity contribution in [2.24, 2.45) is 0 Å². The van der Waals surface area contributed by atoms with E-state index in [1.165, 1.54) is 24.3 Å². The van der Waals surface area contributed by atoms with E-state index in [2.05, 4.69) is 16.3 Å². The molecule has 0 saturated heterocycles. The summed E-state index contributed by atoms with van der Waals surface area (Å²) in [6, 6.07) is 5.27. The second kappa shape index (κ2) is 5.84. The Morgan fingerprint density at radius 3 is 2.80 bits per heavy atom. The third kappa shape index (κ3) is 3.11. The van der Waals surface area contributed by atoms with Gasteiger partial charge in [-0.1, -0.05) is 5.92 Å². The van der Waals surface area contributed by atoms with E-state index < -0.39 is 17.5 Å². The Hall–Kier alpha value is -2.88. The van der Waals surface area contributed by atoms with Gasteiger partial charge in [0.15, 0.2) is 0 Å². The lowest BCUT2D eigenvalue weighted by molar-refractivity contribution is -0.121. The van der Waals surface area contributed by atoms with Crippen molar-refractivity contribution in [3.63, 3.8) is 0 Å². The average Bonchev–Trinajstić information content (AvgIpc) is 2.78. The van der Waals surface area contributed by atoms with Gasteiger partial charge in [-0.15, -0.1) is 11.5 Å². The molecule has 1 aromatic heterocycles. The molecule has 0 unspecified atom stereocenters. The smallest absolute Gasteiger partial charge is 0.388 e. The fraction of sp³-hybridized carbons (Fsp3) is 0.154. The SMILES string of the molecule is C#CCNC(=O)Cn1nc(-c2ccc(F)cc2)oc1=O. The Bertz CT molecular complexity index is 710. The van der Waals surface area contributed by atoms with E-state index >= 15 is 0 Å². The fourth-order valence-corrected chi connectivity index (χ4v) is 1.46. The summed E-state index contributed by atoms with van der Waals surface area (Å²) in [5, 5.41) is 6.26. The quantitative estimate of drug-likeness (QED) is 0.819. The Balaban J connectivity index is 2.18. The number of rotatable bonds is 4. The lowest BCUT2D eigenvalue weighted by Gasteiger charge is -1.99. The number of nitrogens with zero attached hydrogens (tertiary/aromatic N) is 2. The van der Waals surface area contributed by atoms with Gasteiger partial charge >= 0.3 is 5.76 Å². The van der Waals surface area contributed by atoms with Gasteiger partial charge in [0.25, 0.3) is 0 Å². The van der Waals surface area contributed by atoms with Gasteiger partial charge in [-0.3, -0.25) is 4.79 Å². The molecule has 0 atom stereocenters. The molecule has 0 bridgehead atoms. The van der Waals surface area contributed by atoms with Crippen molar-refractivity contribution in [2.75, 3.05) is 6.54 Å². The van der Waals surface area contributed by atoms with Crippen LogP contribution < -0.4 is 11.1 Å². The van der Waals surface area contributed by atoms with Gasteiger partial charge in [-0.25, -0.2) is 9.18 Å². The van der Waals surface area contributed by atoms with E-state index in [1.54, 1.807) is 0 Å². The third-order valence-corrected chi connectivity index (χ3v) is 2.38. The summed E-state index contributed by atoms with van der Waals surface area (Å²) in [5.41, 5.74) is 0.436. The summed E-state index contributed by atoms with van der Waals surface area (Å²) in [7, 11) is 0. The fourth-order valence-electron chi connectivity index (χ4n) is 1.46. The monoisotopic (exact) mass is 275 g/mol. The van der Waals surface area contributed by atoms with E-state index in [0.29, 0.717) is 5.56 Å². The lowest BCUT2D eigenvalue weighted by Crippen LogP contribution is -2.31. The van der Waals surface area contributed by atoms with Crippen molar-refractivity contribution in [1.82, 2.24) is 15.1 Å². The van der Waals surface area contributed by atoms with E-state index in [1.807, 2.05) is 0 Å². The highest BCUT2D eigenvalue weighted by atomic mass is 19.1. The molecule has 1 amide bonds. The summed E-state index contributed by atoms with van der Waals surface area (Å²) >= 11 is 0. The number of carbonyl (C=O) groups excluding carboxylic acids is 1. The predicted octanol–water partition coefficient (Wildman–Crippen LogP) is 0.392. The molecule has 1 N–H and O–H groups in total. The molecule has 1 aromatic carbocycles. The summed E-state index contributed by atoms with van der Waals surface area (Å²) in [6.45, 7) is -0.235. The molecule has 2 rings (SSSR count). The molecule has 2 aromatic rings. The highest BCUT2D eigenvalue weighted by Gasteiger charge is 2.12. The number of nitrogens with one attached hydrogen (secondary N) is 1. The summed E-state index contributed by atoms with van der Waals surface area (Å²) in [6.07, 6.45) is 4.99. The maximum Gasteiger partial charge on any atom is 0.437 e. The topological polar surface area (TPSA) is 77.1 Å². The number of benzene rings is 1. The Labute approximate surface area is 113 Å². The minimum absolute atomic E-state index is 0.0137. The first-order valence-electron chi connectivity index (χ1n) is 5.64. The molecule has 20 heavy (non-hydrogen) atoms. The van der Waals surface area contributed by atoms with Crippen LogP contribution in [0.4, 0.5) is 4.39 Å². The van der Waals surface area contributed by atoms with Gasteiger partial charge in [-0.05, 0) is 24.3 Å². The zero-order valence-electron chi connectivity index (χ0n) is 10.3. The van der Waals surface area contributed by atoms with Crippen LogP contribution in [-0.2, 0) is 11.3 Å². The van der Waals surface area contributed by atoms with Crippen molar-refractivity contribution in [2.45, 2.75) is 6.54 Å². The van der Waals surface area contributed by atoms with Crippen molar-refractivity contribution in [1.29, 1.82) is 0 Å². The average molecular weight is 275 g/mol. The summed E-state index contributed by atoms with van der Waals surface area (Å²) in [4.78, 5) is 22.9. The van der Waals surface area contributed by atoms with Crippen LogP contribution in [0.1, 0.15) is 0 Å². The minimum Gasteiger partial charge on any atom is -0.388 e. The van der Waals surface area contributed by atoms with Gasteiger partial charge < -0.3 is 9.73 Å². The zero-order chi connectivity index (χ0) is 14.5. The first-order chi connectivity index (χ1) is 9.60. The minimum atomic E-state index is -0.778. The molecule has 0 fully saturated rings. The second-order valence-electron chi connectivity index (χ2n) is 3.82. The first-order valence-corrected chi connectivity index (χ1v) is 5.64. The summed E-state index contributed by atoms with van der Waals surface area (Å²) in [5.74, 6) is 0.605. The molecule has 6 nitrogen and oxygen atoms in total. The van der Waals surface area contributed by atoms with Crippen molar-refractivity contribution < 1.29 is 13.6 Å². The summed E-state index contributed by atoms with van der Waals surface area (Å²) < 4.78 is 18.6. The molecule has 0 aliphatic rings. The molecule has 1 heterocycles. The first kappa shape index (κ1) is 13.5. The van der Waals surface area contributed by atoms with Crippen LogP contribution >= 0.6 is 0 Å². The van der Waals surface area contributed by atoms with Crippen molar-refractivity contribution in [3.05, 3.63) is 40.6 Å². The van der Waals surface area contributed by atoms with Crippen LogP contribution in [0, 0.1) is 18.2 Å². The molecule has 0 aliphatic heterocycles. The van der Waals surface area contributed by atoms with Crippen LogP contribution in [0.3, 0.4) is 0 Å². The van der Waals surface area contributed by atoms with Gasteiger partial charge in [0, 0.05) is 5.56 Å². The van der Waals surface area contributed by atoms with E-state index in [-0.39, 0.29) is 19.0 Å². The molecular weight excluding hydrogens is 265 g/mol. The van der Waals surface area contributed by atoms with Crippen molar-refractivity contribution in [3.8, 4) is 23.8 Å². The van der Waals surface area contributed by atoms with E-state index in [4.69, 9.17) is 10.8 Å². The number of carbonyl (C=O) groups is 1. The second-order valence-corrected chi connectivity index (χ2v) is 3.82. The van der Waals surface area contributed by atoms with Crippen LogP contribution in [0.2, 0.25) is 0 Å². The Morgan fingerprint density at radius 2 is 2.15 bits per heavy atom. The number of hydrogen-bond acceptors (Lipinski definition) is 4. The van der Waals surface area contributed by atoms with Crippen LogP contribution in [0.5, 0.6) is 0 Å². The van der Waals surface area contributed by atoms with Gasteiger partial charge in [0.05, 0.1) is 6.54 Å². The molecular formula is C13H10FN3O3. The molecule has 0 spiro atoms. The molecule has 0 aliphatic carbocycles. The van der Waals surface area contributed by atoms with Crippen LogP contribution in [-0.4, -0.2) is 22.2 Å². The number of terminal acetylenes is 1. The van der Waals surface area contributed by atoms with Crippen molar-refractivity contribution >= 4 is 5.91 Å². The number of amides is 1. The molecule has 0 radical (unpaired) electrons. The largest absolute Gasteiger partial charge is 0.437 e. The maximum atomic E-state index is 12.8. The highest BCUT2D eigenvalue weighted by molar-refractivity contribution is 5.75. The third-order valence-electron chi connectivity index (χ3n) is 2.38. The lowest BCUT2D eigenvalue weighted by atomic mass is 10.2. The zero-order valence-corrected chi connectivity index (χ0v) is 10.3. The molecule has 7 heteroatoms. The number of aromatic nitrogens is 2. The highest BCUT2D eigenvalue weighted by Crippen LogP contribution is 2.15. The van der Waals surface area contributed by atoms with Gasteiger partial charge in [0.2, 0.25) is 11.8 Å². The van der Waals surface area contributed by atoms with Crippen LogP contribution in [0.25, 0.3) is 11.5 Å². The Morgan fingerprint density at radius 1 is 1.45 bits per heavy atom. The number of halogens is 1. The Kier molecular flexibility index (Phi) is 3.96. The standard InChI is InChI=1S/C13H10FN3O3/c1-2-7-15-11(18)8-17-13(19)20-12(16-17)9-3-5-10(14)6-4-9/h1,3-6H,7-8H2,(H,15,18). The maximum absolute atomic E-state index is 12.8. The normalized spacial score (nSPS) is 10.0. The van der Waals surface area contributed by atoms with Gasteiger partial charge in [-0.2, -0.15) is 4.68 Å². The van der Waals surface area contributed by atoms with E-state index in [9.17, 15) is 14.0 Å². The predicted molar refractivity (Wildman–Crippen MR) is 68.0 cm³/mol. The van der Waals surface area contributed by atoms with Crippen LogP contribution in [0.15, 0.2) is 33.5 Å². The molecule has 102 valence electrons. The van der Waals surface area contributed by atoms with Gasteiger partial charge in [0.1, 0.15) is 12.4 Å².